The highest BCUT2D eigenvalue weighted by molar-refractivity contribution is 6.33. The predicted molar refractivity (Wildman–Crippen MR) is 125 cm³/mol. The number of nitrogens with zero attached hydrogens (tertiary/aromatic N) is 2. The molecular formula is C25H28ClN3O2. The van der Waals surface area contributed by atoms with E-state index in [0.29, 0.717) is 16.4 Å². The molecule has 3 aromatic rings. The molecule has 2 aromatic carbocycles. The lowest BCUT2D eigenvalue weighted by molar-refractivity contribution is 0.101. The zero-order valence-electron chi connectivity index (χ0n) is 18.7. The Bertz CT molecular complexity index is 1160. The molecule has 4 rings (SSSR count). The van der Waals surface area contributed by atoms with E-state index in [1.165, 1.54) is 0 Å². The van der Waals surface area contributed by atoms with E-state index in [1.807, 2.05) is 51.1 Å². The van der Waals surface area contributed by atoms with Crippen LogP contribution >= 0.6 is 11.6 Å². The monoisotopic (exact) mass is 437 g/mol. The van der Waals surface area contributed by atoms with Crippen molar-refractivity contribution in [3.05, 3.63) is 69.0 Å². The van der Waals surface area contributed by atoms with Crippen molar-refractivity contribution in [2.45, 2.75) is 53.4 Å². The number of rotatable bonds is 4. The summed E-state index contributed by atoms with van der Waals surface area (Å²) in [6.45, 7) is 10.9. The van der Waals surface area contributed by atoms with Crippen molar-refractivity contribution in [1.29, 1.82) is 0 Å². The van der Waals surface area contributed by atoms with Gasteiger partial charge in [0.25, 0.3) is 5.91 Å². The lowest BCUT2D eigenvalue weighted by Crippen LogP contribution is -2.27. The van der Waals surface area contributed by atoms with Crippen LogP contribution in [0.25, 0.3) is 11.4 Å². The van der Waals surface area contributed by atoms with Gasteiger partial charge >= 0.3 is 0 Å². The van der Waals surface area contributed by atoms with Crippen molar-refractivity contribution in [2.75, 3.05) is 12.0 Å². The second kappa shape index (κ2) is 8.39. The molecule has 1 aliphatic rings. The third kappa shape index (κ3) is 3.83. The van der Waals surface area contributed by atoms with Crippen LogP contribution in [0.2, 0.25) is 5.02 Å². The van der Waals surface area contributed by atoms with Gasteiger partial charge in [-0.2, -0.15) is 0 Å². The molecule has 1 amide bonds. The molecule has 0 radical (unpaired) electrons. The number of imidazole rings is 1. The van der Waals surface area contributed by atoms with Crippen LogP contribution in [0.4, 0.5) is 0 Å². The summed E-state index contributed by atoms with van der Waals surface area (Å²) in [7, 11) is 0. The number of halogens is 1. The van der Waals surface area contributed by atoms with Crippen LogP contribution < -0.4 is 10.2 Å². The van der Waals surface area contributed by atoms with Crippen LogP contribution in [0.15, 0.2) is 30.3 Å². The first-order valence-corrected chi connectivity index (χ1v) is 11.1. The lowest BCUT2D eigenvalue weighted by Gasteiger charge is -2.24. The molecule has 0 atom stereocenters. The van der Waals surface area contributed by atoms with Gasteiger partial charge in [0.05, 0.1) is 23.0 Å². The van der Waals surface area contributed by atoms with E-state index in [4.69, 9.17) is 21.3 Å². The van der Waals surface area contributed by atoms with Crippen molar-refractivity contribution in [1.82, 2.24) is 9.66 Å². The van der Waals surface area contributed by atoms with Crippen LogP contribution in [0.1, 0.15) is 64.6 Å². The molecule has 1 N–H and O–H groups in total. The number of hydrogen-bond acceptors (Lipinski definition) is 3. The van der Waals surface area contributed by atoms with Crippen LogP contribution in [0.5, 0.6) is 5.75 Å². The molecular weight excluding hydrogens is 410 g/mol. The second-order valence-corrected chi connectivity index (χ2v) is 8.85. The smallest absolute Gasteiger partial charge is 0.270 e. The lowest BCUT2D eigenvalue weighted by atomic mass is 9.93. The molecule has 0 saturated carbocycles. The SMILES string of the molecule is Cc1cc(C(=O)Nn2c(-c3ccccc3Cl)nc(C)c2C(C)C)c(C)c2c1OCCC2. The van der Waals surface area contributed by atoms with E-state index in [2.05, 4.69) is 19.3 Å². The highest BCUT2D eigenvalue weighted by atomic mass is 35.5. The third-order valence-corrected chi connectivity index (χ3v) is 6.21. The maximum atomic E-state index is 13.5. The summed E-state index contributed by atoms with van der Waals surface area (Å²) in [6, 6.07) is 9.48. The van der Waals surface area contributed by atoms with Crippen molar-refractivity contribution < 1.29 is 9.53 Å². The molecule has 0 unspecified atom stereocenters. The van der Waals surface area contributed by atoms with Gasteiger partial charge in [-0.3, -0.25) is 10.2 Å². The molecule has 2 heterocycles. The van der Waals surface area contributed by atoms with Crippen LogP contribution in [0, 0.1) is 20.8 Å². The average Bonchev–Trinajstić information content (AvgIpc) is 3.06. The summed E-state index contributed by atoms with van der Waals surface area (Å²) < 4.78 is 7.67. The maximum absolute atomic E-state index is 13.5. The van der Waals surface area contributed by atoms with Gasteiger partial charge in [-0.25, -0.2) is 9.66 Å². The fourth-order valence-corrected chi connectivity index (χ4v) is 4.66. The molecule has 0 aliphatic carbocycles. The normalized spacial score (nSPS) is 13.1. The van der Waals surface area contributed by atoms with E-state index in [9.17, 15) is 4.79 Å². The molecule has 0 saturated heterocycles. The van der Waals surface area contributed by atoms with Gasteiger partial charge < -0.3 is 4.74 Å². The van der Waals surface area contributed by atoms with Crippen molar-refractivity contribution in [3.8, 4) is 17.1 Å². The Labute approximate surface area is 188 Å². The minimum Gasteiger partial charge on any atom is -0.493 e. The molecule has 31 heavy (non-hydrogen) atoms. The van der Waals surface area contributed by atoms with E-state index in [-0.39, 0.29) is 11.8 Å². The fraction of sp³-hybridized carbons (Fsp3) is 0.360. The first kappa shape index (κ1) is 21.4. The van der Waals surface area contributed by atoms with Gasteiger partial charge in [-0.15, -0.1) is 0 Å². The molecule has 1 aromatic heterocycles. The molecule has 0 bridgehead atoms. The Hall–Kier alpha value is -2.79. The zero-order chi connectivity index (χ0) is 22.3. The van der Waals surface area contributed by atoms with Crippen LogP contribution in [-0.4, -0.2) is 22.2 Å². The minimum atomic E-state index is -0.165. The fourth-order valence-electron chi connectivity index (χ4n) is 4.44. The van der Waals surface area contributed by atoms with Crippen molar-refractivity contribution in [3.63, 3.8) is 0 Å². The molecule has 0 spiro atoms. The summed E-state index contributed by atoms with van der Waals surface area (Å²) in [5.41, 5.74) is 9.48. The number of aryl methyl sites for hydroxylation is 2. The summed E-state index contributed by atoms with van der Waals surface area (Å²) in [5, 5.41) is 0.594. The molecule has 1 aliphatic heterocycles. The van der Waals surface area contributed by atoms with Gasteiger partial charge in [0.2, 0.25) is 0 Å². The van der Waals surface area contributed by atoms with Gasteiger partial charge in [-0.05, 0) is 74.4 Å². The number of ether oxygens (including phenoxy) is 1. The average molecular weight is 438 g/mol. The number of fused-ring (bicyclic) bond motifs is 1. The van der Waals surface area contributed by atoms with E-state index in [1.54, 1.807) is 4.68 Å². The first-order valence-electron chi connectivity index (χ1n) is 10.7. The summed E-state index contributed by atoms with van der Waals surface area (Å²) in [4.78, 5) is 18.3. The van der Waals surface area contributed by atoms with Crippen LogP contribution in [0.3, 0.4) is 0 Å². The Morgan fingerprint density at radius 3 is 2.68 bits per heavy atom. The topological polar surface area (TPSA) is 56.2 Å². The number of carbonyl (C=O) groups is 1. The minimum absolute atomic E-state index is 0.165. The molecule has 162 valence electrons. The van der Waals surface area contributed by atoms with E-state index in [0.717, 1.165) is 58.8 Å². The largest absolute Gasteiger partial charge is 0.493 e. The predicted octanol–water partition coefficient (Wildman–Crippen LogP) is 5.96. The van der Waals surface area contributed by atoms with Gasteiger partial charge in [0.15, 0.2) is 5.82 Å². The first-order chi connectivity index (χ1) is 14.8. The van der Waals surface area contributed by atoms with Crippen molar-refractivity contribution >= 4 is 17.5 Å². The molecule has 5 nitrogen and oxygen atoms in total. The van der Waals surface area contributed by atoms with Crippen LogP contribution in [-0.2, 0) is 6.42 Å². The number of amides is 1. The number of carbonyl (C=O) groups excluding carboxylic acids is 1. The van der Waals surface area contributed by atoms with Gasteiger partial charge in [0, 0.05) is 11.1 Å². The number of aromatic nitrogens is 2. The second-order valence-electron chi connectivity index (χ2n) is 8.44. The number of benzene rings is 2. The Morgan fingerprint density at radius 1 is 1.23 bits per heavy atom. The number of hydrogen-bond donors (Lipinski definition) is 1. The van der Waals surface area contributed by atoms with E-state index >= 15 is 0 Å². The summed E-state index contributed by atoms with van der Waals surface area (Å²) >= 11 is 6.47. The van der Waals surface area contributed by atoms with Gasteiger partial charge in [0.1, 0.15) is 5.75 Å². The summed E-state index contributed by atoms with van der Waals surface area (Å²) in [6.07, 6.45) is 1.89. The Morgan fingerprint density at radius 2 is 1.97 bits per heavy atom. The molecule has 0 fully saturated rings. The highest BCUT2D eigenvalue weighted by Gasteiger charge is 2.25. The summed E-state index contributed by atoms with van der Waals surface area (Å²) in [5.74, 6) is 1.57. The maximum Gasteiger partial charge on any atom is 0.270 e. The van der Waals surface area contributed by atoms with Crippen molar-refractivity contribution in [2.24, 2.45) is 0 Å². The quantitative estimate of drug-likeness (QED) is 0.547. The van der Waals surface area contributed by atoms with Gasteiger partial charge in [-0.1, -0.05) is 37.6 Å². The van der Waals surface area contributed by atoms with E-state index < -0.39 is 0 Å². The molecule has 6 heteroatoms. The number of nitrogens with one attached hydrogen (secondary N) is 1. The Kier molecular flexibility index (Phi) is 5.80. The zero-order valence-corrected chi connectivity index (χ0v) is 19.4. The highest BCUT2D eigenvalue weighted by Crippen LogP contribution is 2.34. The standard InChI is InChI=1S/C25H28ClN3O2/c1-14(2)22-17(5)27-24(19-9-6-7-11-21(19)26)29(22)28-25(30)20-13-15(3)23-18(16(20)4)10-8-12-31-23/h6-7,9,11,13-14H,8,10,12H2,1-5H3,(H,28,30). The third-order valence-electron chi connectivity index (χ3n) is 5.88. The Balaban J connectivity index is 1.81.